The molecule has 0 aromatic carbocycles. The molecule has 4 heteroatoms. The van der Waals surface area contributed by atoms with E-state index in [0.717, 1.165) is 8.47 Å². The molecule has 0 aromatic heterocycles. The lowest BCUT2D eigenvalue weighted by Gasteiger charge is -2.09. The maximum absolute atomic E-state index is 4.32. The summed E-state index contributed by atoms with van der Waals surface area (Å²) in [5.74, 6) is 2.40. The average Bonchev–Trinajstić information content (AvgIpc) is 1.92. The fourth-order valence-electron chi connectivity index (χ4n) is 0.665. The molecule has 0 spiro atoms. The van der Waals surface area contributed by atoms with Crippen LogP contribution in [0.1, 0.15) is 12.8 Å². The predicted molar refractivity (Wildman–Crippen MR) is 59.1 cm³/mol. The van der Waals surface area contributed by atoms with Crippen molar-refractivity contribution in [2.24, 2.45) is 0 Å². The van der Waals surface area contributed by atoms with Crippen LogP contribution in [-0.2, 0) is 0 Å². The van der Waals surface area contributed by atoms with Gasteiger partial charge in [0.05, 0.1) is 8.47 Å². The monoisotopic (exact) mass is 210 g/mol. The third-order valence-corrected chi connectivity index (χ3v) is 4.97. The van der Waals surface area contributed by atoms with E-state index < -0.39 is 0 Å². The summed E-state index contributed by atoms with van der Waals surface area (Å²) in [4.78, 5) is 0. The SMILES string of the molecule is SC1=C(S)SCCCCS1. The summed E-state index contributed by atoms with van der Waals surface area (Å²) in [5, 5.41) is 0. The van der Waals surface area contributed by atoms with Gasteiger partial charge in [0.2, 0.25) is 0 Å². The Morgan fingerprint density at radius 1 is 0.900 bits per heavy atom. The molecule has 0 nitrogen and oxygen atoms in total. The second-order valence-electron chi connectivity index (χ2n) is 2.01. The Labute approximate surface area is 81.4 Å². The second kappa shape index (κ2) is 4.91. The Balaban J connectivity index is 2.51. The van der Waals surface area contributed by atoms with Crippen LogP contribution in [0.4, 0.5) is 0 Å². The van der Waals surface area contributed by atoms with Crippen LogP contribution in [0.5, 0.6) is 0 Å². The van der Waals surface area contributed by atoms with E-state index in [2.05, 4.69) is 25.3 Å². The molecule has 58 valence electrons. The molecular formula is C6H10S4. The van der Waals surface area contributed by atoms with Gasteiger partial charge in [-0.1, -0.05) is 0 Å². The lowest BCUT2D eigenvalue weighted by Crippen LogP contribution is -1.87. The minimum atomic E-state index is 1.09. The maximum atomic E-state index is 4.32. The molecule has 0 radical (unpaired) electrons. The average molecular weight is 210 g/mol. The number of rotatable bonds is 0. The van der Waals surface area contributed by atoms with Crippen molar-refractivity contribution in [1.29, 1.82) is 0 Å². The van der Waals surface area contributed by atoms with Crippen molar-refractivity contribution in [2.75, 3.05) is 11.5 Å². The number of hydrogen-bond donors (Lipinski definition) is 2. The van der Waals surface area contributed by atoms with Crippen molar-refractivity contribution in [3.8, 4) is 0 Å². The van der Waals surface area contributed by atoms with Crippen LogP contribution < -0.4 is 0 Å². The molecule has 0 saturated heterocycles. The highest BCUT2D eigenvalue weighted by molar-refractivity contribution is 8.21. The topological polar surface area (TPSA) is 0 Å². The Kier molecular flexibility index (Phi) is 4.53. The first-order chi connectivity index (χ1) is 4.80. The predicted octanol–water partition coefficient (Wildman–Crippen LogP) is 3.23. The summed E-state index contributed by atoms with van der Waals surface area (Å²) in [6, 6.07) is 0. The Morgan fingerprint density at radius 2 is 1.30 bits per heavy atom. The van der Waals surface area contributed by atoms with Crippen molar-refractivity contribution in [3.05, 3.63) is 8.47 Å². The summed E-state index contributed by atoms with van der Waals surface area (Å²) in [6.07, 6.45) is 2.62. The molecule has 1 aliphatic rings. The molecule has 1 rings (SSSR count). The van der Waals surface area contributed by atoms with Crippen LogP contribution >= 0.6 is 48.8 Å². The fraction of sp³-hybridized carbons (Fsp3) is 0.667. The van der Waals surface area contributed by atoms with E-state index >= 15 is 0 Å². The maximum Gasteiger partial charge on any atom is 0.0569 e. The van der Waals surface area contributed by atoms with Crippen molar-refractivity contribution in [2.45, 2.75) is 12.8 Å². The van der Waals surface area contributed by atoms with Gasteiger partial charge in [-0.2, -0.15) is 0 Å². The summed E-state index contributed by atoms with van der Waals surface area (Å²) < 4.78 is 2.18. The second-order valence-corrected chi connectivity index (χ2v) is 5.72. The molecule has 0 atom stereocenters. The molecule has 0 bridgehead atoms. The van der Waals surface area contributed by atoms with Crippen LogP contribution in [-0.4, -0.2) is 11.5 Å². The van der Waals surface area contributed by atoms with E-state index in [0.29, 0.717) is 0 Å². The highest BCUT2D eigenvalue weighted by Crippen LogP contribution is 2.35. The quantitative estimate of drug-likeness (QED) is 0.589. The lowest BCUT2D eigenvalue weighted by atomic mass is 10.4. The van der Waals surface area contributed by atoms with Gasteiger partial charge >= 0.3 is 0 Å². The van der Waals surface area contributed by atoms with Crippen LogP contribution in [0.15, 0.2) is 8.47 Å². The van der Waals surface area contributed by atoms with Crippen molar-refractivity contribution >= 4 is 48.8 Å². The first-order valence-electron chi connectivity index (χ1n) is 3.18. The van der Waals surface area contributed by atoms with E-state index in [-0.39, 0.29) is 0 Å². The van der Waals surface area contributed by atoms with Crippen molar-refractivity contribution < 1.29 is 0 Å². The Hall–Kier alpha value is 1.14. The summed E-state index contributed by atoms with van der Waals surface area (Å²) in [5.41, 5.74) is 0. The largest absolute Gasteiger partial charge is 0.135 e. The highest BCUT2D eigenvalue weighted by Gasteiger charge is 2.04. The first kappa shape index (κ1) is 9.23. The zero-order chi connectivity index (χ0) is 7.40. The van der Waals surface area contributed by atoms with E-state index in [1.807, 2.05) is 0 Å². The van der Waals surface area contributed by atoms with Gasteiger partial charge in [0.1, 0.15) is 0 Å². The van der Waals surface area contributed by atoms with Gasteiger partial charge in [-0.05, 0) is 24.3 Å². The van der Waals surface area contributed by atoms with Gasteiger partial charge in [0.15, 0.2) is 0 Å². The molecule has 10 heavy (non-hydrogen) atoms. The Bertz CT molecular complexity index is 125. The van der Waals surface area contributed by atoms with Gasteiger partial charge < -0.3 is 0 Å². The molecule has 1 heterocycles. The van der Waals surface area contributed by atoms with Gasteiger partial charge in [0.25, 0.3) is 0 Å². The van der Waals surface area contributed by atoms with Crippen LogP contribution in [0.3, 0.4) is 0 Å². The molecule has 0 amide bonds. The zero-order valence-corrected chi connectivity index (χ0v) is 8.96. The third-order valence-electron chi connectivity index (χ3n) is 1.20. The molecule has 0 aliphatic carbocycles. The minimum absolute atomic E-state index is 1.09. The molecule has 0 aromatic rings. The normalized spacial score (nSPS) is 22.2. The molecule has 0 unspecified atom stereocenters. The molecular weight excluding hydrogens is 200 g/mol. The van der Waals surface area contributed by atoms with Gasteiger partial charge in [-0.25, -0.2) is 0 Å². The molecule has 0 N–H and O–H groups in total. The van der Waals surface area contributed by atoms with Crippen molar-refractivity contribution in [3.63, 3.8) is 0 Å². The Morgan fingerprint density at radius 3 is 1.70 bits per heavy atom. The van der Waals surface area contributed by atoms with Gasteiger partial charge in [-0.3, -0.25) is 0 Å². The van der Waals surface area contributed by atoms with Crippen LogP contribution in [0.2, 0.25) is 0 Å². The van der Waals surface area contributed by atoms with E-state index in [1.54, 1.807) is 23.5 Å². The molecule has 1 aliphatic heterocycles. The van der Waals surface area contributed by atoms with Gasteiger partial charge in [-0.15, -0.1) is 48.8 Å². The lowest BCUT2D eigenvalue weighted by molar-refractivity contribution is 0.909. The summed E-state index contributed by atoms with van der Waals surface area (Å²) in [7, 11) is 0. The van der Waals surface area contributed by atoms with Crippen molar-refractivity contribution in [1.82, 2.24) is 0 Å². The number of thioether (sulfide) groups is 2. The first-order valence-corrected chi connectivity index (χ1v) is 6.05. The van der Waals surface area contributed by atoms with E-state index in [9.17, 15) is 0 Å². The molecule has 0 fully saturated rings. The summed E-state index contributed by atoms with van der Waals surface area (Å²) >= 11 is 12.3. The number of thiol groups is 2. The van der Waals surface area contributed by atoms with Crippen LogP contribution in [0.25, 0.3) is 0 Å². The minimum Gasteiger partial charge on any atom is -0.135 e. The highest BCUT2D eigenvalue weighted by atomic mass is 32.2. The smallest absolute Gasteiger partial charge is 0.0569 e. The standard InChI is InChI=1S/C6H10S4/c7-5-6(8)10-4-2-1-3-9-5/h7-8H,1-4H2. The van der Waals surface area contributed by atoms with Crippen LogP contribution in [0, 0.1) is 0 Å². The third kappa shape index (κ3) is 3.03. The fourth-order valence-corrected chi connectivity index (χ4v) is 3.28. The summed E-state index contributed by atoms with van der Waals surface area (Å²) in [6.45, 7) is 0. The number of hydrogen-bond acceptors (Lipinski definition) is 4. The van der Waals surface area contributed by atoms with E-state index in [4.69, 9.17) is 0 Å². The molecule has 0 saturated carbocycles. The van der Waals surface area contributed by atoms with Gasteiger partial charge in [0, 0.05) is 0 Å². The van der Waals surface area contributed by atoms with E-state index in [1.165, 1.54) is 24.3 Å². The zero-order valence-electron chi connectivity index (χ0n) is 5.54.